The summed E-state index contributed by atoms with van der Waals surface area (Å²) in [5.74, 6) is 0.494. The molecule has 336 valence electrons. The van der Waals surface area contributed by atoms with Crippen molar-refractivity contribution in [1.82, 2.24) is 34.1 Å². The normalized spacial score (nSPS) is 16.8. The highest BCUT2D eigenvalue weighted by atomic mass is 32.2. The number of nitrogens with two attached hydrogens (primary N) is 1. The molecule has 2 aromatic heterocycles. The molecule has 2 amide bonds. The maximum Gasteiger partial charge on any atom is 0.419 e. The van der Waals surface area contributed by atoms with Crippen LogP contribution in [0.2, 0.25) is 0 Å². The van der Waals surface area contributed by atoms with Crippen molar-refractivity contribution in [3.05, 3.63) is 77.1 Å². The number of halogens is 6. The Morgan fingerprint density at radius 3 is 2.37 bits per heavy atom. The van der Waals surface area contributed by atoms with E-state index in [0.717, 1.165) is 60.4 Å². The molecule has 0 radical (unpaired) electrons. The maximum absolute atomic E-state index is 14.1. The Balaban J connectivity index is 0.00000358. The molecule has 2 fully saturated rings. The van der Waals surface area contributed by atoms with Gasteiger partial charge < -0.3 is 16.4 Å². The predicted octanol–water partition coefficient (Wildman–Crippen LogP) is 5.26. The number of aryl methyl sites for hydroxylation is 1. The van der Waals surface area contributed by atoms with Gasteiger partial charge in [0.25, 0.3) is 0 Å². The Morgan fingerprint density at radius 2 is 1.73 bits per heavy atom. The zero-order valence-electron chi connectivity index (χ0n) is 34.2. The number of aromatic nitrogens is 4. The van der Waals surface area contributed by atoms with Crippen LogP contribution in [0.1, 0.15) is 54.7 Å². The minimum atomic E-state index is -4.97. The summed E-state index contributed by atoms with van der Waals surface area (Å²) < 4.78 is 112. The summed E-state index contributed by atoms with van der Waals surface area (Å²) in [6.07, 6.45) is -4.69. The van der Waals surface area contributed by atoms with E-state index in [1.807, 2.05) is 19.2 Å². The monoisotopic (exact) mass is 893 g/mol. The van der Waals surface area contributed by atoms with Crippen molar-refractivity contribution in [3.8, 4) is 0 Å². The lowest BCUT2D eigenvalue weighted by atomic mass is 9.89. The molecule has 4 heterocycles. The van der Waals surface area contributed by atoms with Crippen molar-refractivity contribution in [2.45, 2.75) is 74.4 Å². The minimum Gasteiger partial charge on any atom is -0.358 e. The van der Waals surface area contributed by atoms with Crippen molar-refractivity contribution >= 4 is 57.7 Å². The van der Waals surface area contributed by atoms with Crippen LogP contribution in [0.5, 0.6) is 0 Å². The summed E-state index contributed by atoms with van der Waals surface area (Å²) in [5.41, 5.74) is 5.01. The first kappa shape index (κ1) is 47.6. The average molecular weight is 894 g/mol. The third kappa shape index (κ3) is 12.1. The van der Waals surface area contributed by atoms with E-state index in [4.69, 9.17) is 0 Å². The molecule has 2 saturated heterocycles. The number of benzene rings is 2. The number of alkyl halides is 6. The number of allylic oxidation sites excluding steroid dienone is 1. The molecule has 0 bridgehead atoms. The highest BCUT2D eigenvalue weighted by Crippen LogP contribution is 2.35. The maximum atomic E-state index is 14.1. The fraction of sp³-hybridized carbons (Fsp3) is 0.450. The van der Waals surface area contributed by atoms with Crippen LogP contribution in [0.25, 0.3) is 16.6 Å². The van der Waals surface area contributed by atoms with Crippen LogP contribution in [0.3, 0.4) is 0 Å². The summed E-state index contributed by atoms with van der Waals surface area (Å²) in [7, 11) is -0.615. The number of nitrogens with zero attached hydrogens (tertiary/aromatic N) is 8. The number of rotatable bonds is 15. The third-order valence-electron chi connectivity index (χ3n) is 10.5. The van der Waals surface area contributed by atoms with Gasteiger partial charge >= 0.3 is 12.4 Å². The van der Waals surface area contributed by atoms with Gasteiger partial charge in [-0.2, -0.15) is 40.8 Å². The smallest absolute Gasteiger partial charge is 0.358 e. The fourth-order valence-corrected chi connectivity index (χ4v) is 9.00. The highest BCUT2D eigenvalue weighted by molar-refractivity contribution is 7.89. The zero-order chi connectivity index (χ0) is 45.2. The van der Waals surface area contributed by atoms with Gasteiger partial charge in [0.15, 0.2) is 5.82 Å². The van der Waals surface area contributed by atoms with E-state index < -0.39 is 46.2 Å². The van der Waals surface area contributed by atoms with Crippen LogP contribution >= 0.6 is 0 Å². The van der Waals surface area contributed by atoms with Crippen LogP contribution < -0.4 is 16.4 Å². The van der Waals surface area contributed by atoms with Crippen molar-refractivity contribution < 1.29 is 44.3 Å². The van der Waals surface area contributed by atoms with Crippen molar-refractivity contribution in [2.24, 2.45) is 22.8 Å². The molecular weight excluding hydrogens is 845 g/mol. The molecule has 0 saturated carbocycles. The summed E-state index contributed by atoms with van der Waals surface area (Å²) >= 11 is 0. The SMILES string of the molecule is C=N/C(=C(\C=NC1CCN(S(=O)(=O)c2cccc(CN3CCC(c4ccc5c(NC(=O)CCNC=O)nn(C)c5c4)CC3)c2)CC1)C(F)(F)F)c1cnn(CC(F)(F)F)c1.CN. The molecule has 4 aromatic rings. The van der Waals surface area contributed by atoms with Crippen LogP contribution in [-0.4, -0.2) is 121 Å². The van der Waals surface area contributed by atoms with Gasteiger partial charge in [0.2, 0.25) is 22.3 Å². The Hall–Kier alpha value is -5.45. The number of hydrogen-bond donors (Lipinski definition) is 3. The Bertz CT molecular complexity index is 2360. The molecule has 0 unspecified atom stereocenters. The van der Waals surface area contributed by atoms with Crippen LogP contribution in [-0.2, 0) is 39.7 Å². The number of amides is 2. The zero-order valence-corrected chi connectivity index (χ0v) is 35.0. The number of carbonyl (C=O) groups excluding carboxylic acids is 2. The molecule has 2 aromatic carbocycles. The van der Waals surface area contributed by atoms with Gasteiger partial charge in [0.05, 0.1) is 33.9 Å². The molecule has 15 nitrogen and oxygen atoms in total. The molecule has 62 heavy (non-hydrogen) atoms. The van der Waals surface area contributed by atoms with Crippen molar-refractivity contribution in [1.29, 1.82) is 0 Å². The second-order valence-corrected chi connectivity index (χ2v) is 16.6. The largest absolute Gasteiger partial charge is 0.419 e. The van der Waals surface area contributed by atoms with Crippen molar-refractivity contribution in [2.75, 3.05) is 45.1 Å². The van der Waals surface area contributed by atoms with E-state index >= 15 is 0 Å². The minimum absolute atomic E-state index is 0.0185. The first-order chi connectivity index (χ1) is 29.4. The number of likely N-dealkylation sites (tertiary alicyclic amines) is 1. The van der Waals surface area contributed by atoms with Crippen LogP contribution in [0.15, 0.2) is 75.3 Å². The lowest BCUT2D eigenvalue weighted by Gasteiger charge is -2.32. The Morgan fingerprint density at radius 1 is 1.02 bits per heavy atom. The van der Waals surface area contributed by atoms with Crippen molar-refractivity contribution in [3.63, 3.8) is 0 Å². The van der Waals surface area contributed by atoms with E-state index in [9.17, 15) is 44.3 Å². The standard InChI is InChI=1S/C39H44F6N10O4S.CH5N/c1-46-36(29-20-49-54(23-29)24-38(40,41)42)33(39(43,44)45)21-48-30-11-16-55(17-12-30)60(58,59)31-5-3-4-26(18-31)22-53-14-9-27(10-15-53)28-6-7-32-34(19-28)52(2)51-37(32)50-35(57)8-13-47-25-56;1-2/h3-7,18-21,23,25,27,30H,1,8-17,22,24H2,2H3,(H,47,56)(H,50,51,57);2H2,1H3/b36-33+,48-21?;. The average Bonchev–Trinajstić information content (AvgIpc) is 3.82. The number of piperidine rings is 2. The molecule has 2 aliphatic rings. The molecular formula is C40H49F6N11O4S. The fourth-order valence-electron chi connectivity index (χ4n) is 7.46. The number of hydrogen-bond acceptors (Lipinski definition) is 10. The van der Waals surface area contributed by atoms with Gasteiger partial charge in [-0.1, -0.05) is 18.2 Å². The molecule has 0 aliphatic carbocycles. The second-order valence-electron chi connectivity index (χ2n) is 14.7. The number of sulfonamides is 1. The molecule has 22 heteroatoms. The lowest BCUT2D eigenvalue weighted by molar-refractivity contribution is -0.142. The number of carbonyl (C=O) groups is 2. The number of fused-ring (bicyclic) bond motifs is 1. The van der Waals surface area contributed by atoms with E-state index in [-0.39, 0.29) is 55.3 Å². The van der Waals surface area contributed by atoms with Crippen LogP contribution in [0, 0.1) is 0 Å². The molecule has 6 rings (SSSR count). The number of nitrogens with one attached hydrogen (secondary N) is 2. The first-order valence-corrected chi connectivity index (χ1v) is 21.1. The highest BCUT2D eigenvalue weighted by Gasteiger charge is 2.37. The summed E-state index contributed by atoms with van der Waals surface area (Å²) in [6, 6.07) is 12.2. The van der Waals surface area contributed by atoms with Gasteiger partial charge in [-0.25, -0.2) is 8.42 Å². The molecule has 0 atom stereocenters. The van der Waals surface area contributed by atoms with Gasteiger partial charge in [-0.15, -0.1) is 0 Å². The molecule has 0 spiro atoms. The van der Waals surface area contributed by atoms with Crippen LogP contribution in [0.4, 0.5) is 32.2 Å². The number of anilines is 1. The topological polar surface area (TPSA) is 185 Å². The molecule has 2 aliphatic heterocycles. The van der Waals surface area contributed by atoms with Gasteiger partial charge in [0, 0.05) is 63.0 Å². The quantitative estimate of drug-likeness (QED) is 0.0625. The molecule has 4 N–H and O–H groups in total. The van der Waals surface area contributed by atoms with Gasteiger partial charge in [-0.05, 0) is 93.8 Å². The van der Waals surface area contributed by atoms with E-state index in [1.165, 1.54) is 17.4 Å². The Kier molecular flexibility index (Phi) is 15.8. The van der Waals surface area contributed by atoms with E-state index in [2.05, 4.69) is 60.3 Å². The second kappa shape index (κ2) is 20.6. The summed E-state index contributed by atoms with van der Waals surface area (Å²) in [6.45, 7) is 4.05. The summed E-state index contributed by atoms with van der Waals surface area (Å²) in [4.78, 5) is 32.7. The number of aliphatic imine (C=N–C) groups is 2. The Labute approximate surface area is 354 Å². The predicted molar refractivity (Wildman–Crippen MR) is 223 cm³/mol. The van der Waals surface area contributed by atoms with Gasteiger partial charge in [0.1, 0.15) is 6.54 Å². The van der Waals surface area contributed by atoms with E-state index in [0.29, 0.717) is 35.6 Å². The van der Waals surface area contributed by atoms with Gasteiger partial charge in [-0.3, -0.25) is 33.8 Å². The van der Waals surface area contributed by atoms with E-state index in [1.54, 1.807) is 16.8 Å². The third-order valence-corrected chi connectivity index (χ3v) is 12.4. The lowest BCUT2D eigenvalue weighted by Crippen LogP contribution is -2.39. The summed E-state index contributed by atoms with van der Waals surface area (Å²) in [5, 5.41) is 14.1. The first-order valence-electron chi connectivity index (χ1n) is 19.7.